The van der Waals surface area contributed by atoms with E-state index < -0.39 is 5.76 Å². The van der Waals surface area contributed by atoms with Crippen molar-refractivity contribution in [2.45, 2.75) is 31.8 Å². The molecule has 0 bridgehead atoms. The Morgan fingerprint density at radius 3 is 2.95 bits per heavy atom. The van der Waals surface area contributed by atoms with Crippen LogP contribution in [0, 0.1) is 5.92 Å². The Morgan fingerprint density at radius 2 is 2.18 bits per heavy atom. The summed E-state index contributed by atoms with van der Waals surface area (Å²) in [5.41, 5.74) is 1.54. The molecule has 0 spiro atoms. The first-order valence-corrected chi connectivity index (χ1v) is 7.78. The summed E-state index contributed by atoms with van der Waals surface area (Å²) in [6, 6.07) is 5.93. The number of rotatable bonds is 3. The van der Waals surface area contributed by atoms with Gasteiger partial charge in [0.15, 0.2) is 5.58 Å². The van der Waals surface area contributed by atoms with Crippen LogP contribution in [0.15, 0.2) is 27.4 Å². The van der Waals surface area contributed by atoms with E-state index in [0.29, 0.717) is 22.6 Å². The molecule has 2 aliphatic rings. The molecule has 1 aromatic heterocycles. The van der Waals surface area contributed by atoms with Crippen molar-refractivity contribution in [2.24, 2.45) is 5.92 Å². The number of oxazole rings is 1. The van der Waals surface area contributed by atoms with E-state index >= 15 is 0 Å². The Hall–Kier alpha value is -2.08. The molecule has 1 amide bonds. The van der Waals surface area contributed by atoms with Gasteiger partial charge >= 0.3 is 5.76 Å². The lowest BCUT2D eigenvalue weighted by Gasteiger charge is -2.17. The summed E-state index contributed by atoms with van der Waals surface area (Å²) in [7, 11) is 0. The van der Waals surface area contributed by atoms with Crippen LogP contribution in [-0.4, -0.2) is 41.0 Å². The van der Waals surface area contributed by atoms with E-state index in [1.54, 1.807) is 18.2 Å². The highest BCUT2D eigenvalue weighted by Crippen LogP contribution is 2.31. The van der Waals surface area contributed by atoms with Gasteiger partial charge in [0.1, 0.15) is 0 Å². The number of nitrogens with zero attached hydrogens (tertiary/aromatic N) is 1. The second-order valence-electron chi connectivity index (χ2n) is 6.47. The largest absolute Gasteiger partial charge is 0.417 e. The first kappa shape index (κ1) is 13.6. The van der Waals surface area contributed by atoms with Crippen molar-refractivity contribution in [3.8, 4) is 0 Å². The summed E-state index contributed by atoms with van der Waals surface area (Å²) in [6.45, 7) is 4.17. The second kappa shape index (κ2) is 4.98. The molecule has 1 aromatic carbocycles. The van der Waals surface area contributed by atoms with Crippen LogP contribution in [0.5, 0.6) is 0 Å². The number of aromatic amines is 1. The second-order valence-corrected chi connectivity index (χ2v) is 6.47. The van der Waals surface area contributed by atoms with E-state index in [1.165, 1.54) is 12.8 Å². The average Bonchev–Trinajstić information content (AvgIpc) is 3.17. The fraction of sp³-hybridized carbons (Fsp3) is 0.500. The number of carbonyl (C=O) groups excluding carboxylic acids is 1. The number of hydrogen-bond acceptors (Lipinski definition) is 4. The van der Waals surface area contributed by atoms with Crippen LogP contribution in [0.1, 0.15) is 30.1 Å². The lowest BCUT2D eigenvalue weighted by molar-refractivity contribution is 0.0931. The van der Waals surface area contributed by atoms with Crippen LogP contribution in [-0.2, 0) is 0 Å². The maximum atomic E-state index is 12.4. The lowest BCUT2D eigenvalue weighted by Crippen LogP contribution is -2.40. The zero-order valence-corrected chi connectivity index (χ0v) is 12.5. The van der Waals surface area contributed by atoms with Crippen LogP contribution in [0.2, 0.25) is 0 Å². The van der Waals surface area contributed by atoms with Crippen molar-refractivity contribution in [3.63, 3.8) is 0 Å². The highest BCUT2D eigenvalue weighted by atomic mass is 16.4. The van der Waals surface area contributed by atoms with Gasteiger partial charge in [-0.1, -0.05) is 6.92 Å². The van der Waals surface area contributed by atoms with E-state index in [-0.39, 0.29) is 11.9 Å². The molecule has 2 N–H and O–H groups in total. The maximum absolute atomic E-state index is 12.4. The number of nitrogens with one attached hydrogen (secondary N) is 2. The van der Waals surface area contributed by atoms with Gasteiger partial charge in [0.25, 0.3) is 5.91 Å². The minimum absolute atomic E-state index is 0.111. The maximum Gasteiger partial charge on any atom is 0.417 e. The predicted octanol–water partition coefficient (Wildman–Crippen LogP) is 1.33. The number of hydrogen-bond donors (Lipinski definition) is 2. The van der Waals surface area contributed by atoms with E-state index in [2.05, 4.69) is 22.1 Å². The highest BCUT2D eigenvalue weighted by molar-refractivity contribution is 5.97. The average molecular weight is 301 g/mol. The summed E-state index contributed by atoms with van der Waals surface area (Å²) >= 11 is 0. The standard InChI is InChI=1S/C16H19N3O3/c1-9-7-19(11-3-4-11)8-13(9)17-15(20)10-2-5-12-14(6-10)22-16(21)18-12/h2,5-6,9,11,13H,3-4,7-8H2,1H3,(H,17,20)(H,18,21)/t9-,13-/m1/s1. The number of fused-ring (bicyclic) bond motifs is 1. The summed E-state index contributed by atoms with van der Waals surface area (Å²) in [5.74, 6) is -0.157. The van der Waals surface area contributed by atoms with Crippen molar-refractivity contribution in [2.75, 3.05) is 13.1 Å². The Labute approximate surface area is 127 Å². The van der Waals surface area contributed by atoms with Gasteiger partial charge in [0.2, 0.25) is 0 Å². The van der Waals surface area contributed by atoms with Crippen molar-refractivity contribution in [1.29, 1.82) is 0 Å². The van der Waals surface area contributed by atoms with Crippen LogP contribution >= 0.6 is 0 Å². The van der Waals surface area contributed by atoms with Crippen LogP contribution < -0.4 is 11.1 Å². The van der Waals surface area contributed by atoms with Gasteiger partial charge in [-0.3, -0.25) is 14.7 Å². The molecule has 1 saturated heterocycles. The molecule has 2 aromatic rings. The number of H-pyrrole nitrogens is 1. The lowest BCUT2D eigenvalue weighted by atomic mass is 10.1. The molecule has 1 saturated carbocycles. The minimum atomic E-state index is -0.503. The molecule has 1 aliphatic carbocycles. The van der Waals surface area contributed by atoms with Gasteiger partial charge in [-0.25, -0.2) is 4.79 Å². The van der Waals surface area contributed by atoms with Gasteiger partial charge in [-0.2, -0.15) is 0 Å². The van der Waals surface area contributed by atoms with E-state index in [0.717, 1.165) is 19.1 Å². The zero-order chi connectivity index (χ0) is 15.3. The summed E-state index contributed by atoms with van der Waals surface area (Å²) in [6.07, 6.45) is 2.58. The molecule has 2 atom stereocenters. The summed E-state index contributed by atoms with van der Waals surface area (Å²) < 4.78 is 5.01. The Morgan fingerprint density at radius 1 is 1.36 bits per heavy atom. The third kappa shape index (κ3) is 2.43. The summed E-state index contributed by atoms with van der Waals surface area (Å²) in [5, 5.41) is 3.12. The molecule has 6 heteroatoms. The molecule has 1 aliphatic heterocycles. The third-order valence-corrected chi connectivity index (χ3v) is 4.70. The van der Waals surface area contributed by atoms with Gasteiger partial charge in [0, 0.05) is 30.7 Å². The molecule has 4 rings (SSSR count). The molecule has 2 fully saturated rings. The van der Waals surface area contributed by atoms with Crippen molar-refractivity contribution >= 4 is 17.0 Å². The van der Waals surface area contributed by atoms with Crippen molar-refractivity contribution in [1.82, 2.24) is 15.2 Å². The molecular formula is C16H19N3O3. The third-order valence-electron chi connectivity index (χ3n) is 4.70. The molecule has 2 heterocycles. The van der Waals surface area contributed by atoms with Crippen LogP contribution in [0.3, 0.4) is 0 Å². The summed E-state index contributed by atoms with van der Waals surface area (Å²) in [4.78, 5) is 28.6. The number of likely N-dealkylation sites (tertiary alicyclic amines) is 1. The molecule has 0 unspecified atom stereocenters. The highest BCUT2D eigenvalue weighted by Gasteiger charge is 2.38. The number of aromatic nitrogens is 1. The predicted molar refractivity (Wildman–Crippen MR) is 81.8 cm³/mol. The molecule has 0 radical (unpaired) electrons. The van der Waals surface area contributed by atoms with Gasteiger partial charge in [-0.05, 0) is 37.0 Å². The van der Waals surface area contributed by atoms with Crippen molar-refractivity contribution < 1.29 is 9.21 Å². The SMILES string of the molecule is C[C@@H]1CN(C2CC2)C[C@H]1NC(=O)c1ccc2[nH]c(=O)oc2c1. The zero-order valence-electron chi connectivity index (χ0n) is 12.5. The first-order valence-electron chi connectivity index (χ1n) is 7.78. The van der Waals surface area contributed by atoms with Gasteiger partial charge in [-0.15, -0.1) is 0 Å². The van der Waals surface area contributed by atoms with Gasteiger partial charge in [0.05, 0.1) is 5.52 Å². The van der Waals surface area contributed by atoms with E-state index in [4.69, 9.17) is 4.42 Å². The Balaban J connectivity index is 1.49. The molecule has 6 nitrogen and oxygen atoms in total. The Kier molecular flexibility index (Phi) is 3.07. The minimum Gasteiger partial charge on any atom is -0.408 e. The monoisotopic (exact) mass is 301 g/mol. The number of amides is 1. The molecular weight excluding hydrogens is 282 g/mol. The van der Waals surface area contributed by atoms with E-state index in [1.807, 2.05) is 0 Å². The van der Waals surface area contributed by atoms with Gasteiger partial charge < -0.3 is 9.73 Å². The van der Waals surface area contributed by atoms with Crippen LogP contribution in [0.4, 0.5) is 0 Å². The number of carbonyl (C=O) groups is 1. The van der Waals surface area contributed by atoms with Crippen molar-refractivity contribution in [3.05, 3.63) is 34.3 Å². The Bertz CT molecular complexity index is 774. The topological polar surface area (TPSA) is 78.3 Å². The number of benzene rings is 1. The smallest absolute Gasteiger partial charge is 0.408 e. The van der Waals surface area contributed by atoms with E-state index in [9.17, 15) is 9.59 Å². The fourth-order valence-corrected chi connectivity index (χ4v) is 3.27. The normalized spacial score (nSPS) is 25.7. The quantitative estimate of drug-likeness (QED) is 0.896. The molecule has 116 valence electrons. The fourth-order valence-electron chi connectivity index (χ4n) is 3.27. The first-order chi connectivity index (χ1) is 10.6. The van der Waals surface area contributed by atoms with Crippen LogP contribution in [0.25, 0.3) is 11.1 Å². The molecule has 22 heavy (non-hydrogen) atoms.